The molecule has 2 aliphatic rings. The molecular formula is C27H27N3O4S. The van der Waals surface area contributed by atoms with Gasteiger partial charge in [-0.15, -0.1) is 0 Å². The smallest absolute Gasteiger partial charge is 0.243 e. The van der Waals surface area contributed by atoms with E-state index in [2.05, 4.69) is 0 Å². The van der Waals surface area contributed by atoms with Gasteiger partial charge < -0.3 is 9.80 Å². The molecule has 180 valence electrons. The molecule has 3 aromatic rings. The molecule has 1 atom stereocenters. The SMILES string of the molecule is CC(=O)N1C=Cc2ccccc2[C@H]1CC(=O)N1CCN(S(=O)(=O)c2ccc3ccccc3c2)CC1. The Balaban J connectivity index is 1.28. The van der Waals surface area contributed by atoms with Crippen molar-refractivity contribution in [3.63, 3.8) is 0 Å². The highest BCUT2D eigenvalue weighted by molar-refractivity contribution is 7.89. The number of piperazine rings is 1. The number of carbonyl (C=O) groups is 2. The third-order valence-electron chi connectivity index (χ3n) is 6.79. The molecule has 2 heterocycles. The summed E-state index contributed by atoms with van der Waals surface area (Å²) in [5.74, 6) is -0.214. The second-order valence-corrected chi connectivity index (χ2v) is 10.8. The molecule has 2 amide bonds. The number of nitrogens with zero attached hydrogens (tertiary/aromatic N) is 3. The van der Waals surface area contributed by atoms with Crippen molar-refractivity contribution in [2.75, 3.05) is 26.2 Å². The number of carbonyl (C=O) groups excluding carboxylic acids is 2. The van der Waals surface area contributed by atoms with Crippen molar-refractivity contribution in [2.24, 2.45) is 0 Å². The Morgan fingerprint density at radius 3 is 2.31 bits per heavy atom. The van der Waals surface area contributed by atoms with E-state index in [0.717, 1.165) is 21.9 Å². The van der Waals surface area contributed by atoms with Gasteiger partial charge in [-0.25, -0.2) is 8.42 Å². The zero-order chi connectivity index (χ0) is 24.6. The standard InChI is InChI=1S/C27H27N3O4S/c1-20(31)30-13-12-22-7-4-5-9-25(22)26(30)19-27(32)28-14-16-29(17-15-28)35(33,34)24-11-10-21-6-2-3-8-23(21)18-24/h2-13,18,26H,14-17,19H2,1H3/t26-/m1/s1. The van der Waals surface area contributed by atoms with Gasteiger partial charge in [-0.05, 0) is 40.1 Å². The quantitative estimate of drug-likeness (QED) is 0.561. The van der Waals surface area contributed by atoms with E-state index in [0.29, 0.717) is 13.1 Å². The van der Waals surface area contributed by atoms with Gasteiger partial charge in [0.05, 0.1) is 17.4 Å². The van der Waals surface area contributed by atoms with E-state index in [1.54, 1.807) is 28.1 Å². The van der Waals surface area contributed by atoms with Gasteiger partial charge in [0.1, 0.15) is 0 Å². The van der Waals surface area contributed by atoms with Gasteiger partial charge in [0.2, 0.25) is 21.8 Å². The van der Waals surface area contributed by atoms with Crippen LogP contribution >= 0.6 is 0 Å². The van der Waals surface area contributed by atoms with Crippen molar-refractivity contribution in [1.82, 2.24) is 14.1 Å². The highest BCUT2D eigenvalue weighted by Gasteiger charge is 2.33. The fourth-order valence-electron chi connectivity index (χ4n) is 4.86. The molecule has 0 unspecified atom stereocenters. The van der Waals surface area contributed by atoms with E-state index in [4.69, 9.17) is 0 Å². The fourth-order valence-corrected chi connectivity index (χ4v) is 6.32. The van der Waals surface area contributed by atoms with Gasteiger partial charge in [-0.1, -0.05) is 54.6 Å². The Hall–Kier alpha value is -3.49. The summed E-state index contributed by atoms with van der Waals surface area (Å²) in [5, 5.41) is 1.86. The normalized spacial score (nSPS) is 18.5. The summed E-state index contributed by atoms with van der Waals surface area (Å²) < 4.78 is 27.9. The third-order valence-corrected chi connectivity index (χ3v) is 8.68. The largest absolute Gasteiger partial charge is 0.340 e. The summed E-state index contributed by atoms with van der Waals surface area (Å²) >= 11 is 0. The Morgan fingerprint density at radius 1 is 0.886 bits per heavy atom. The highest BCUT2D eigenvalue weighted by atomic mass is 32.2. The first-order valence-corrected chi connectivity index (χ1v) is 13.1. The van der Waals surface area contributed by atoms with Gasteiger partial charge >= 0.3 is 0 Å². The zero-order valence-electron chi connectivity index (χ0n) is 19.5. The van der Waals surface area contributed by atoms with Crippen LogP contribution in [0.4, 0.5) is 0 Å². The molecule has 35 heavy (non-hydrogen) atoms. The van der Waals surface area contributed by atoms with Crippen molar-refractivity contribution in [3.05, 3.63) is 84.1 Å². The van der Waals surface area contributed by atoms with Crippen LogP contribution in [0.1, 0.15) is 30.5 Å². The topological polar surface area (TPSA) is 78.0 Å². The molecule has 2 aliphatic heterocycles. The average Bonchev–Trinajstić information content (AvgIpc) is 2.88. The monoisotopic (exact) mass is 489 g/mol. The van der Waals surface area contributed by atoms with Gasteiger partial charge in [0.15, 0.2) is 0 Å². The predicted molar refractivity (Wildman–Crippen MR) is 135 cm³/mol. The van der Waals surface area contributed by atoms with E-state index < -0.39 is 10.0 Å². The van der Waals surface area contributed by atoms with Crippen molar-refractivity contribution in [1.29, 1.82) is 0 Å². The van der Waals surface area contributed by atoms with Crippen molar-refractivity contribution < 1.29 is 18.0 Å². The minimum absolute atomic E-state index is 0.0888. The van der Waals surface area contributed by atoms with Crippen LogP contribution in [0.5, 0.6) is 0 Å². The number of amides is 2. The zero-order valence-corrected chi connectivity index (χ0v) is 20.3. The lowest BCUT2D eigenvalue weighted by Crippen LogP contribution is -2.51. The molecular weight excluding hydrogens is 462 g/mol. The summed E-state index contributed by atoms with van der Waals surface area (Å²) in [7, 11) is -3.66. The molecule has 5 rings (SSSR count). The maximum Gasteiger partial charge on any atom is 0.243 e. The third kappa shape index (κ3) is 4.47. The van der Waals surface area contributed by atoms with Crippen LogP contribution in [0, 0.1) is 0 Å². The van der Waals surface area contributed by atoms with Crippen LogP contribution in [0.25, 0.3) is 16.8 Å². The van der Waals surface area contributed by atoms with E-state index in [1.165, 1.54) is 11.2 Å². The molecule has 8 heteroatoms. The lowest BCUT2D eigenvalue weighted by atomic mass is 9.93. The van der Waals surface area contributed by atoms with Gasteiger partial charge in [0, 0.05) is 39.3 Å². The van der Waals surface area contributed by atoms with Crippen LogP contribution < -0.4 is 0 Å². The van der Waals surface area contributed by atoms with Gasteiger partial charge in [-0.2, -0.15) is 4.31 Å². The van der Waals surface area contributed by atoms with E-state index in [1.807, 2.05) is 60.7 Å². The average molecular weight is 490 g/mol. The summed E-state index contributed by atoms with van der Waals surface area (Å²) in [6.07, 6.45) is 3.77. The lowest BCUT2D eigenvalue weighted by molar-refractivity contribution is -0.135. The number of hydrogen-bond donors (Lipinski definition) is 0. The first kappa shape index (κ1) is 23.3. The van der Waals surface area contributed by atoms with Crippen molar-refractivity contribution in [3.8, 4) is 0 Å². The molecule has 0 aromatic heterocycles. The molecule has 0 aliphatic carbocycles. The first-order chi connectivity index (χ1) is 16.8. The van der Waals surface area contributed by atoms with E-state index in [9.17, 15) is 18.0 Å². The van der Waals surface area contributed by atoms with Crippen LogP contribution in [0.2, 0.25) is 0 Å². The summed E-state index contributed by atoms with van der Waals surface area (Å²) in [6.45, 7) is 2.59. The maximum absolute atomic E-state index is 13.3. The summed E-state index contributed by atoms with van der Waals surface area (Å²) in [5.41, 5.74) is 1.94. The Labute approximate surface area is 205 Å². The predicted octanol–water partition coefficient (Wildman–Crippen LogP) is 3.64. The lowest BCUT2D eigenvalue weighted by Gasteiger charge is -2.37. The number of benzene rings is 3. The molecule has 0 radical (unpaired) electrons. The molecule has 7 nitrogen and oxygen atoms in total. The molecule has 0 spiro atoms. The van der Waals surface area contributed by atoms with Crippen LogP contribution in [0.3, 0.4) is 0 Å². The summed E-state index contributed by atoms with van der Waals surface area (Å²) in [6, 6.07) is 20.2. The molecule has 3 aromatic carbocycles. The van der Waals surface area contributed by atoms with Gasteiger partial charge in [-0.3, -0.25) is 9.59 Å². The van der Waals surface area contributed by atoms with E-state index in [-0.39, 0.29) is 42.3 Å². The van der Waals surface area contributed by atoms with Crippen LogP contribution in [-0.2, 0) is 19.6 Å². The molecule has 1 saturated heterocycles. The maximum atomic E-state index is 13.3. The minimum Gasteiger partial charge on any atom is -0.340 e. The highest BCUT2D eigenvalue weighted by Crippen LogP contribution is 2.33. The Bertz CT molecular complexity index is 1430. The number of hydrogen-bond acceptors (Lipinski definition) is 4. The van der Waals surface area contributed by atoms with Crippen molar-refractivity contribution >= 4 is 38.7 Å². The molecule has 0 bridgehead atoms. The van der Waals surface area contributed by atoms with Crippen molar-refractivity contribution in [2.45, 2.75) is 24.3 Å². The first-order valence-electron chi connectivity index (χ1n) is 11.7. The van der Waals surface area contributed by atoms with Crippen LogP contribution in [0.15, 0.2) is 77.8 Å². The molecule has 1 fully saturated rings. The Morgan fingerprint density at radius 2 is 1.57 bits per heavy atom. The molecule has 0 saturated carbocycles. The number of sulfonamides is 1. The van der Waals surface area contributed by atoms with E-state index >= 15 is 0 Å². The second kappa shape index (κ2) is 9.28. The van der Waals surface area contributed by atoms with Crippen LogP contribution in [-0.4, -0.2) is 60.5 Å². The van der Waals surface area contributed by atoms with Gasteiger partial charge in [0.25, 0.3) is 0 Å². The second-order valence-electron chi connectivity index (χ2n) is 8.88. The Kier molecular flexibility index (Phi) is 6.17. The minimum atomic E-state index is -3.66. The number of rotatable bonds is 4. The molecule has 0 N–H and O–H groups in total. The fraction of sp³-hybridized carbons (Fsp3) is 0.259. The summed E-state index contributed by atoms with van der Waals surface area (Å²) in [4.78, 5) is 29.0. The number of fused-ring (bicyclic) bond motifs is 2.